The summed E-state index contributed by atoms with van der Waals surface area (Å²) in [5.74, 6) is 0.0790. The van der Waals surface area contributed by atoms with Crippen molar-refractivity contribution in [3.8, 4) is 0 Å². The number of piperidine rings is 1. The topological polar surface area (TPSA) is 92.6 Å². The number of nitrogens with two attached hydrogens (primary N) is 1. The number of hydrogen-bond donors (Lipinski definition) is 3. The molecule has 6 nitrogen and oxygen atoms in total. The molecule has 7 heteroatoms. The molecule has 2 rings (SSSR count). The lowest BCUT2D eigenvalue weighted by Crippen LogP contribution is -3.00. The molecule has 1 saturated heterocycles. The van der Waals surface area contributed by atoms with Gasteiger partial charge in [-0.1, -0.05) is 6.92 Å². The Labute approximate surface area is 150 Å². The van der Waals surface area contributed by atoms with Gasteiger partial charge >= 0.3 is 5.97 Å². The van der Waals surface area contributed by atoms with Crippen LogP contribution in [0.1, 0.15) is 45.4 Å². The van der Waals surface area contributed by atoms with Gasteiger partial charge in [0, 0.05) is 0 Å². The van der Waals surface area contributed by atoms with Gasteiger partial charge in [-0.2, -0.15) is 0 Å². The molecule has 2 aliphatic rings. The fourth-order valence-corrected chi connectivity index (χ4v) is 3.75. The summed E-state index contributed by atoms with van der Waals surface area (Å²) in [7, 11) is 0. The maximum absolute atomic E-state index is 10.5. The molecule has 0 bridgehead atoms. The lowest BCUT2D eigenvalue weighted by Gasteiger charge is -2.33. The number of aliphatic hydroxyl groups excluding tert-OH is 1. The summed E-state index contributed by atoms with van der Waals surface area (Å²) in [6.45, 7) is 4.19. The van der Waals surface area contributed by atoms with Gasteiger partial charge in [-0.05, 0) is 50.4 Å². The number of carbonyl (C=O) groups is 1. The summed E-state index contributed by atoms with van der Waals surface area (Å²) < 4.78 is 11.2. The Bertz CT molecular complexity index is 363. The van der Waals surface area contributed by atoms with E-state index in [9.17, 15) is 9.90 Å². The number of quaternary nitrogens is 1. The molecule has 0 aromatic carbocycles. The van der Waals surface area contributed by atoms with Gasteiger partial charge in [0.15, 0.2) is 0 Å². The third kappa shape index (κ3) is 7.23. The lowest BCUT2D eigenvalue weighted by molar-refractivity contribution is -0.707. The van der Waals surface area contributed by atoms with Crippen molar-refractivity contribution in [1.82, 2.24) is 0 Å². The molecule has 1 saturated carbocycles. The van der Waals surface area contributed by atoms with Crippen LogP contribution in [0.4, 0.5) is 0 Å². The molecule has 3 atom stereocenters. The van der Waals surface area contributed by atoms with Crippen LogP contribution < -0.4 is 17.7 Å². The number of halogens is 1. The number of hydrogen-bond acceptors (Lipinski definition) is 4. The van der Waals surface area contributed by atoms with Crippen LogP contribution in [-0.2, 0) is 14.3 Å². The van der Waals surface area contributed by atoms with Gasteiger partial charge in [-0.25, -0.2) is 4.79 Å². The Hall–Kier alpha value is -0.400. The minimum absolute atomic E-state index is 0. The van der Waals surface area contributed by atoms with Crippen molar-refractivity contribution in [2.24, 2.45) is 11.8 Å². The third-order valence-electron chi connectivity index (χ3n) is 5.32. The highest BCUT2D eigenvalue weighted by molar-refractivity contribution is 5.67. The Balaban J connectivity index is 0.00000288. The largest absolute Gasteiger partial charge is 1.00 e. The molecule has 3 unspecified atom stereocenters. The highest BCUT2D eigenvalue weighted by atomic mass is 35.5. The van der Waals surface area contributed by atoms with E-state index in [0.29, 0.717) is 31.2 Å². The maximum Gasteiger partial charge on any atom is 0.329 e. The van der Waals surface area contributed by atoms with E-state index in [4.69, 9.17) is 14.6 Å². The van der Waals surface area contributed by atoms with Gasteiger partial charge in [0.2, 0.25) is 0 Å². The fraction of sp³-hybridized carbons (Fsp3) is 0.941. The van der Waals surface area contributed by atoms with Crippen molar-refractivity contribution in [1.29, 1.82) is 0 Å². The number of carboxylic acids is 1. The van der Waals surface area contributed by atoms with Crippen LogP contribution in [-0.4, -0.2) is 60.8 Å². The van der Waals surface area contributed by atoms with E-state index in [-0.39, 0.29) is 31.2 Å². The second kappa shape index (κ2) is 11.3. The number of rotatable bonds is 8. The molecule has 1 aliphatic carbocycles. The molecule has 0 radical (unpaired) electrons. The molecule has 0 spiro atoms. The number of aliphatic carboxylic acids is 1. The minimum atomic E-state index is -0.906. The molecule has 2 fully saturated rings. The molecular weight excluding hydrogens is 334 g/mol. The lowest BCUT2D eigenvalue weighted by atomic mass is 9.80. The summed E-state index contributed by atoms with van der Waals surface area (Å²) in [5, 5.41) is 20.8. The number of aliphatic hydroxyl groups is 1. The first-order valence-electron chi connectivity index (χ1n) is 8.98. The van der Waals surface area contributed by atoms with Crippen molar-refractivity contribution >= 4 is 5.97 Å². The monoisotopic (exact) mass is 365 g/mol. The standard InChI is InChI=1S/C17H31NO5.ClH/c1-12(9-22-11-17(20)21)13-4-6-14(7-5-13)23-10-15-16(19)3-2-8-18-15;/h12-16,18-19H,2-11H2,1H3,(H,20,21);1H. The van der Waals surface area contributed by atoms with Gasteiger partial charge in [-0.15, -0.1) is 0 Å². The molecule has 142 valence electrons. The second-order valence-corrected chi connectivity index (χ2v) is 7.15. The van der Waals surface area contributed by atoms with Crippen LogP contribution in [0.2, 0.25) is 0 Å². The summed E-state index contributed by atoms with van der Waals surface area (Å²) in [4.78, 5) is 10.5. The van der Waals surface area contributed by atoms with Crippen LogP contribution >= 0.6 is 0 Å². The fourth-order valence-electron chi connectivity index (χ4n) is 3.75. The van der Waals surface area contributed by atoms with Crippen molar-refractivity contribution < 1.29 is 42.2 Å². The minimum Gasteiger partial charge on any atom is -1.00 e. The van der Waals surface area contributed by atoms with Crippen LogP contribution in [0, 0.1) is 11.8 Å². The maximum atomic E-state index is 10.5. The zero-order chi connectivity index (χ0) is 16.7. The van der Waals surface area contributed by atoms with E-state index in [1.807, 2.05) is 0 Å². The van der Waals surface area contributed by atoms with Crippen molar-refractivity contribution in [3.63, 3.8) is 0 Å². The first kappa shape index (κ1) is 21.6. The van der Waals surface area contributed by atoms with Gasteiger partial charge < -0.3 is 37.4 Å². The average Bonchev–Trinajstić information content (AvgIpc) is 2.54. The smallest absolute Gasteiger partial charge is 0.329 e. The Morgan fingerprint density at radius 1 is 1.25 bits per heavy atom. The average molecular weight is 366 g/mol. The summed E-state index contributed by atoms with van der Waals surface area (Å²) in [6.07, 6.45) is 6.38. The van der Waals surface area contributed by atoms with Gasteiger partial charge in [0.1, 0.15) is 25.4 Å². The zero-order valence-electron chi connectivity index (χ0n) is 14.5. The molecule has 0 aromatic rings. The molecule has 4 N–H and O–H groups in total. The first-order valence-corrected chi connectivity index (χ1v) is 8.98. The summed E-state index contributed by atoms with van der Waals surface area (Å²) in [5.41, 5.74) is 0. The van der Waals surface area contributed by atoms with E-state index < -0.39 is 5.97 Å². The first-order chi connectivity index (χ1) is 11.1. The molecule has 0 amide bonds. The van der Waals surface area contributed by atoms with Crippen molar-refractivity contribution in [2.75, 3.05) is 26.4 Å². The molecule has 1 heterocycles. The normalized spacial score (nSPS) is 31.9. The van der Waals surface area contributed by atoms with Crippen LogP contribution in [0.5, 0.6) is 0 Å². The van der Waals surface area contributed by atoms with Crippen LogP contribution in [0.3, 0.4) is 0 Å². The van der Waals surface area contributed by atoms with Crippen molar-refractivity contribution in [3.05, 3.63) is 0 Å². The zero-order valence-corrected chi connectivity index (χ0v) is 15.3. The van der Waals surface area contributed by atoms with Gasteiger partial charge in [-0.3, -0.25) is 0 Å². The van der Waals surface area contributed by atoms with E-state index in [2.05, 4.69) is 12.2 Å². The Kier molecular flexibility index (Phi) is 10.2. The molecular formula is C17H32ClNO5. The summed E-state index contributed by atoms with van der Waals surface area (Å²) >= 11 is 0. The highest BCUT2D eigenvalue weighted by Gasteiger charge is 2.30. The Morgan fingerprint density at radius 3 is 2.58 bits per heavy atom. The highest BCUT2D eigenvalue weighted by Crippen LogP contribution is 2.31. The van der Waals surface area contributed by atoms with Crippen LogP contribution in [0.15, 0.2) is 0 Å². The second-order valence-electron chi connectivity index (χ2n) is 7.15. The van der Waals surface area contributed by atoms with Gasteiger partial charge in [0.05, 0.1) is 19.3 Å². The molecule has 1 aliphatic heterocycles. The van der Waals surface area contributed by atoms with E-state index in [0.717, 1.165) is 45.1 Å². The van der Waals surface area contributed by atoms with E-state index >= 15 is 0 Å². The molecule has 0 aromatic heterocycles. The van der Waals surface area contributed by atoms with Gasteiger partial charge in [0.25, 0.3) is 0 Å². The summed E-state index contributed by atoms with van der Waals surface area (Å²) in [6, 6.07) is 0.199. The van der Waals surface area contributed by atoms with Crippen molar-refractivity contribution in [2.45, 2.75) is 63.7 Å². The quantitative estimate of drug-likeness (QED) is 0.438. The number of ether oxygens (including phenoxy) is 2. The molecule has 24 heavy (non-hydrogen) atoms. The van der Waals surface area contributed by atoms with E-state index in [1.165, 1.54) is 0 Å². The van der Waals surface area contributed by atoms with E-state index in [1.54, 1.807) is 0 Å². The Morgan fingerprint density at radius 2 is 1.96 bits per heavy atom. The predicted molar refractivity (Wildman–Crippen MR) is 85.1 cm³/mol. The van der Waals surface area contributed by atoms with Crippen LogP contribution in [0.25, 0.3) is 0 Å². The predicted octanol–water partition coefficient (Wildman–Crippen LogP) is -2.61. The number of carboxylic acid groups (broad SMARTS) is 1. The third-order valence-corrected chi connectivity index (χ3v) is 5.32. The SMILES string of the molecule is CC(COCC(=O)O)C1CCC(OCC2[NH2+]CCCC2O)CC1.[Cl-].